The van der Waals surface area contributed by atoms with Crippen LogP contribution in [0.1, 0.15) is 18.5 Å². The van der Waals surface area contributed by atoms with Crippen molar-refractivity contribution in [3.63, 3.8) is 0 Å². The summed E-state index contributed by atoms with van der Waals surface area (Å²) in [5.74, 6) is 0.283. The van der Waals surface area contributed by atoms with E-state index in [0.29, 0.717) is 17.1 Å². The number of hydrogen-bond donors (Lipinski definition) is 1. The van der Waals surface area contributed by atoms with E-state index in [-0.39, 0.29) is 11.6 Å². The summed E-state index contributed by atoms with van der Waals surface area (Å²) in [5.41, 5.74) is 6.22. The first-order chi connectivity index (χ1) is 8.56. The zero-order valence-electron chi connectivity index (χ0n) is 10.5. The van der Waals surface area contributed by atoms with Crippen LogP contribution in [0.3, 0.4) is 0 Å². The summed E-state index contributed by atoms with van der Waals surface area (Å²) in [6.45, 7) is 1.97. The smallest absolute Gasteiger partial charge is 0.327 e. The highest BCUT2D eigenvalue weighted by atomic mass is 35.5. The van der Waals surface area contributed by atoms with Crippen LogP contribution in [0.4, 0.5) is 0 Å². The number of benzene rings is 1. The third-order valence-corrected chi connectivity index (χ3v) is 2.78. The molecule has 0 saturated heterocycles. The van der Waals surface area contributed by atoms with Crippen LogP contribution in [0.25, 0.3) is 0 Å². The Morgan fingerprint density at radius 3 is 2.56 bits per heavy atom. The number of rotatable bonds is 5. The number of halogens is 1. The van der Waals surface area contributed by atoms with Gasteiger partial charge in [0.15, 0.2) is 11.5 Å². The highest BCUT2D eigenvalue weighted by Crippen LogP contribution is 2.39. The van der Waals surface area contributed by atoms with Crippen molar-refractivity contribution in [1.29, 1.82) is 0 Å². The number of hydrogen-bond acceptors (Lipinski definition) is 5. The Balaban J connectivity index is 3.14. The molecular formula is C12H16ClNO4. The van der Waals surface area contributed by atoms with Crippen LogP contribution in [-0.4, -0.2) is 26.8 Å². The molecular weight excluding hydrogens is 258 g/mol. The summed E-state index contributed by atoms with van der Waals surface area (Å²) in [6, 6.07) is 2.31. The average Bonchev–Trinajstić information content (AvgIpc) is 2.37. The Hall–Kier alpha value is -1.46. The molecule has 2 N–H and O–H groups in total. The molecule has 0 aliphatic rings. The van der Waals surface area contributed by atoms with Gasteiger partial charge < -0.3 is 19.9 Å². The Kier molecular flexibility index (Phi) is 5.25. The number of methoxy groups -OCH3 is 2. The SMILES string of the molecule is CCOC(=O)C(N)c1ccc(OC)c(OC)c1Cl. The fourth-order valence-electron chi connectivity index (χ4n) is 1.50. The zero-order chi connectivity index (χ0) is 13.7. The lowest BCUT2D eigenvalue weighted by Crippen LogP contribution is -2.24. The molecule has 0 aromatic heterocycles. The van der Waals surface area contributed by atoms with E-state index in [1.807, 2.05) is 0 Å². The molecule has 100 valence electrons. The van der Waals surface area contributed by atoms with Gasteiger partial charge in [0.1, 0.15) is 6.04 Å². The summed E-state index contributed by atoms with van der Waals surface area (Å²) >= 11 is 6.14. The highest BCUT2D eigenvalue weighted by Gasteiger charge is 2.23. The standard InChI is InChI=1S/C12H16ClNO4/c1-4-18-12(15)10(14)7-5-6-8(16-2)11(17-3)9(7)13/h5-6,10H,4,14H2,1-3H3. The molecule has 0 aliphatic heterocycles. The molecule has 5 nitrogen and oxygen atoms in total. The van der Waals surface area contributed by atoms with E-state index < -0.39 is 12.0 Å². The molecule has 1 rings (SSSR count). The van der Waals surface area contributed by atoms with Gasteiger partial charge >= 0.3 is 5.97 Å². The summed E-state index contributed by atoms with van der Waals surface area (Å²) in [6.07, 6.45) is 0. The van der Waals surface area contributed by atoms with Crippen molar-refractivity contribution in [2.75, 3.05) is 20.8 Å². The van der Waals surface area contributed by atoms with Gasteiger partial charge in [0.2, 0.25) is 0 Å². The Bertz CT molecular complexity index is 436. The van der Waals surface area contributed by atoms with E-state index in [4.69, 9.17) is 31.5 Å². The minimum absolute atomic E-state index is 0.248. The van der Waals surface area contributed by atoms with Crippen molar-refractivity contribution >= 4 is 17.6 Å². The van der Waals surface area contributed by atoms with Crippen molar-refractivity contribution in [1.82, 2.24) is 0 Å². The van der Waals surface area contributed by atoms with Gasteiger partial charge in [-0.05, 0) is 13.0 Å². The van der Waals surface area contributed by atoms with Gasteiger partial charge in [0.05, 0.1) is 25.8 Å². The topological polar surface area (TPSA) is 70.8 Å². The van der Waals surface area contributed by atoms with E-state index in [9.17, 15) is 4.79 Å². The van der Waals surface area contributed by atoms with Gasteiger partial charge in [0, 0.05) is 5.56 Å². The molecule has 1 aromatic carbocycles. The fraction of sp³-hybridized carbons (Fsp3) is 0.417. The van der Waals surface area contributed by atoms with Crippen molar-refractivity contribution in [3.05, 3.63) is 22.7 Å². The first-order valence-electron chi connectivity index (χ1n) is 5.39. The largest absolute Gasteiger partial charge is 0.493 e. The molecule has 0 radical (unpaired) electrons. The van der Waals surface area contributed by atoms with Crippen LogP contribution in [0.15, 0.2) is 12.1 Å². The molecule has 0 aliphatic carbocycles. The number of ether oxygens (including phenoxy) is 3. The third kappa shape index (κ3) is 2.86. The summed E-state index contributed by atoms with van der Waals surface area (Å²) < 4.78 is 15.1. The van der Waals surface area contributed by atoms with Crippen LogP contribution in [-0.2, 0) is 9.53 Å². The Morgan fingerprint density at radius 2 is 2.06 bits per heavy atom. The van der Waals surface area contributed by atoms with Crippen LogP contribution in [0.5, 0.6) is 11.5 Å². The van der Waals surface area contributed by atoms with Crippen molar-refractivity contribution in [2.45, 2.75) is 13.0 Å². The molecule has 0 bridgehead atoms. The van der Waals surface area contributed by atoms with Gasteiger partial charge in [-0.1, -0.05) is 17.7 Å². The molecule has 1 atom stereocenters. The lowest BCUT2D eigenvalue weighted by molar-refractivity contribution is -0.144. The van der Waals surface area contributed by atoms with Gasteiger partial charge in [-0.3, -0.25) is 0 Å². The molecule has 18 heavy (non-hydrogen) atoms. The second-order valence-corrected chi connectivity index (χ2v) is 3.81. The third-order valence-electron chi connectivity index (χ3n) is 2.39. The molecule has 0 spiro atoms. The van der Waals surface area contributed by atoms with Crippen LogP contribution < -0.4 is 15.2 Å². The summed E-state index contributed by atoms with van der Waals surface area (Å²) in [5, 5.41) is 0.248. The average molecular weight is 274 g/mol. The number of nitrogens with two attached hydrogens (primary N) is 1. The van der Waals surface area contributed by atoms with E-state index in [2.05, 4.69) is 0 Å². The first-order valence-corrected chi connectivity index (χ1v) is 5.77. The number of carbonyl (C=O) groups excluding carboxylic acids is 1. The van der Waals surface area contributed by atoms with Crippen LogP contribution in [0.2, 0.25) is 5.02 Å². The van der Waals surface area contributed by atoms with Crippen molar-refractivity contribution < 1.29 is 19.0 Å². The zero-order valence-corrected chi connectivity index (χ0v) is 11.3. The Morgan fingerprint density at radius 1 is 1.39 bits per heavy atom. The monoisotopic (exact) mass is 273 g/mol. The van der Waals surface area contributed by atoms with Gasteiger partial charge in [-0.15, -0.1) is 0 Å². The second kappa shape index (κ2) is 6.47. The molecule has 0 heterocycles. The predicted octanol–water partition coefficient (Wildman–Crippen LogP) is 1.92. The van der Waals surface area contributed by atoms with Crippen molar-refractivity contribution in [2.24, 2.45) is 5.73 Å². The molecule has 0 amide bonds. The molecule has 6 heteroatoms. The lowest BCUT2D eigenvalue weighted by atomic mass is 10.1. The van der Waals surface area contributed by atoms with Gasteiger partial charge in [0.25, 0.3) is 0 Å². The van der Waals surface area contributed by atoms with Crippen LogP contribution in [0, 0.1) is 0 Å². The quantitative estimate of drug-likeness (QED) is 0.830. The molecule has 1 aromatic rings. The fourth-order valence-corrected chi connectivity index (χ4v) is 1.85. The van der Waals surface area contributed by atoms with Crippen molar-refractivity contribution in [3.8, 4) is 11.5 Å². The maximum Gasteiger partial charge on any atom is 0.327 e. The lowest BCUT2D eigenvalue weighted by Gasteiger charge is -2.16. The maximum absolute atomic E-state index is 11.6. The Labute approximate surface area is 111 Å². The van der Waals surface area contributed by atoms with Gasteiger partial charge in [-0.25, -0.2) is 4.79 Å². The second-order valence-electron chi connectivity index (χ2n) is 3.43. The van der Waals surface area contributed by atoms with E-state index >= 15 is 0 Å². The predicted molar refractivity (Wildman–Crippen MR) is 68.1 cm³/mol. The van der Waals surface area contributed by atoms with Gasteiger partial charge in [-0.2, -0.15) is 0 Å². The molecule has 1 unspecified atom stereocenters. The highest BCUT2D eigenvalue weighted by molar-refractivity contribution is 6.33. The van der Waals surface area contributed by atoms with Crippen LogP contribution >= 0.6 is 11.6 Å². The maximum atomic E-state index is 11.6. The normalized spacial score (nSPS) is 11.8. The molecule has 0 saturated carbocycles. The number of carbonyl (C=O) groups is 1. The minimum atomic E-state index is -0.947. The first kappa shape index (κ1) is 14.6. The van der Waals surface area contributed by atoms with E-state index in [0.717, 1.165) is 0 Å². The van der Waals surface area contributed by atoms with E-state index in [1.54, 1.807) is 19.1 Å². The van der Waals surface area contributed by atoms with E-state index in [1.165, 1.54) is 14.2 Å². The summed E-state index contributed by atoms with van der Waals surface area (Å²) in [4.78, 5) is 11.6. The molecule has 0 fully saturated rings. The minimum Gasteiger partial charge on any atom is -0.493 e. The number of esters is 1. The summed E-state index contributed by atoms with van der Waals surface area (Å²) in [7, 11) is 2.96.